The Morgan fingerprint density at radius 1 is 1.69 bits per heavy atom. The standard InChI is InChI=1S/C8H10N4O/c1-2-4-9-8(13)6-7-3-5-10-12-11-7/h2-3,5H,1,4,6H2,(H,9,13). The van der Waals surface area contributed by atoms with Gasteiger partial charge in [-0.1, -0.05) is 6.08 Å². The van der Waals surface area contributed by atoms with Gasteiger partial charge in [0.1, 0.15) is 0 Å². The lowest BCUT2D eigenvalue weighted by atomic mass is 10.3. The summed E-state index contributed by atoms with van der Waals surface area (Å²) in [6.45, 7) is 3.96. The van der Waals surface area contributed by atoms with Crippen LogP contribution >= 0.6 is 0 Å². The van der Waals surface area contributed by atoms with Gasteiger partial charge in [-0.05, 0) is 11.3 Å². The van der Waals surface area contributed by atoms with E-state index in [-0.39, 0.29) is 12.3 Å². The molecule has 0 unspecified atom stereocenters. The third-order valence-electron chi connectivity index (χ3n) is 1.34. The molecule has 13 heavy (non-hydrogen) atoms. The van der Waals surface area contributed by atoms with Crippen molar-refractivity contribution in [3.05, 3.63) is 30.6 Å². The van der Waals surface area contributed by atoms with Crippen molar-refractivity contribution in [2.24, 2.45) is 0 Å². The van der Waals surface area contributed by atoms with Crippen molar-refractivity contribution in [1.29, 1.82) is 0 Å². The monoisotopic (exact) mass is 178 g/mol. The molecule has 1 N–H and O–H groups in total. The largest absolute Gasteiger partial charge is 0.352 e. The molecule has 1 aromatic heterocycles. The van der Waals surface area contributed by atoms with Gasteiger partial charge in [-0.25, -0.2) is 0 Å². The van der Waals surface area contributed by atoms with Crippen molar-refractivity contribution in [1.82, 2.24) is 20.7 Å². The highest BCUT2D eigenvalue weighted by molar-refractivity contribution is 5.78. The van der Waals surface area contributed by atoms with Gasteiger partial charge in [-0.15, -0.1) is 16.8 Å². The molecule has 0 bridgehead atoms. The van der Waals surface area contributed by atoms with Crippen LogP contribution in [0.15, 0.2) is 24.9 Å². The number of aromatic nitrogens is 3. The minimum absolute atomic E-state index is 0.0969. The third-order valence-corrected chi connectivity index (χ3v) is 1.34. The molecule has 1 aromatic rings. The average Bonchev–Trinajstić information content (AvgIpc) is 2.16. The molecule has 1 heterocycles. The van der Waals surface area contributed by atoms with E-state index in [1.165, 1.54) is 6.20 Å². The first-order chi connectivity index (χ1) is 6.33. The summed E-state index contributed by atoms with van der Waals surface area (Å²) in [5.74, 6) is -0.0969. The molecular formula is C8H10N4O. The third kappa shape index (κ3) is 3.42. The Balaban J connectivity index is 2.41. The molecule has 0 aliphatic rings. The Labute approximate surface area is 75.9 Å². The predicted octanol–water partition coefficient (Wildman–Crippen LogP) is -0.284. The summed E-state index contributed by atoms with van der Waals surface area (Å²) in [7, 11) is 0. The van der Waals surface area contributed by atoms with Crippen LogP contribution in [0.4, 0.5) is 0 Å². The maximum absolute atomic E-state index is 11.1. The molecule has 0 spiro atoms. The highest BCUT2D eigenvalue weighted by Gasteiger charge is 2.02. The summed E-state index contributed by atoms with van der Waals surface area (Å²) in [4.78, 5) is 11.1. The van der Waals surface area contributed by atoms with Crippen molar-refractivity contribution in [3.63, 3.8) is 0 Å². The number of hydrogen-bond donors (Lipinski definition) is 1. The zero-order valence-corrected chi connectivity index (χ0v) is 7.10. The zero-order valence-electron chi connectivity index (χ0n) is 7.10. The summed E-state index contributed by atoms with van der Waals surface area (Å²) in [6, 6.07) is 1.65. The SMILES string of the molecule is C=CCNC(=O)Cc1ccnnn1. The van der Waals surface area contributed by atoms with Gasteiger partial charge in [0, 0.05) is 6.54 Å². The number of carbonyl (C=O) groups excluding carboxylic acids is 1. The molecule has 0 saturated carbocycles. The average molecular weight is 178 g/mol. The second-order valence-electron chi connectivity index (χ2n) is 2.38. The van der Waals surface area contributed by atoms with Crippen LogP contribution in [0.2, 0.25) is 0 Å². The Hall–Kier alpha value is -1.78. The molecule has 5 nitrogen and oxygen atoms in total. The van der Waals surface area contributed by atoms with E-state index in [1.807, 2.05) is 0 Å². The molecule has 1 rings (SSSR count). The van der Waals surface area contributed by atoms with E-state index in [0.717, 1.165) is 0 Å². The van der Waals surface area contributed by atoms with Crippen molar-refractivity contribution in [2.45, 2.75) is 6.42 Å². The van der Waals surface area contributed by atoms with Crippen LogP contribution in [0, 0.1) is 0 Å². The maximum atomic E-state index is 11.1. The van der Waals surface area contributed by atoms with E-state index >= 15 is 0 Å². The van der Waals surface area contributed by atoms with Crippen LogP contribution in [0.5, 0.6) is 0 Å². The van der Waals surface area contributed by atoms with Gasteiger partial charge in [-0.3, -0.25) is 4.79 Å². The van der Waals surface area contributed by atoms with Gasteiger partial charge in [0.25, 0.3) is 0 Å². The number of amides is 1. The van der Waals surface area contributed by atoms with Crippen LogP contribution in [0.3, 0.4) is 0 Å². The lowest BCUT2D eigenvalue weighted by Gasteiger charge is -1.99. The lowest BCUT2D eigenvalue weighted by molar-refractivity contribution is -0.120. The van der Waals surface area contributed by atoms with E-state index in [9.17, 15) is 4.79 Å². The fraction of sp³-hybridized carbons (Fsp3) is 0.250. The van der Waals surface area contributed by atoms with Gasteiger partial charge in [-0.2, -0.15) is 0 Å². The highest BCUT2D eigenvalue weighted by Crippen LogP contribution is 1.90. The van der Waals surface area contributed by atoms with Gasteiger partial charge in [0.15, 0.2) is 0 Å². The number of hydrogen-bond acceptors (Lipinski definition) is 4. The fourth-order valence-corrected chi connectivity index (χ4v) is 0.773. The quantitative estimate of drug-likeness (QED) is 0.644. The molecule has 68 valence electrons. The van der Waals surface area contributed by atoms with E-state index in [4.69, 9.17) is 0 Å². The Morgan fingerprint density at radius 3 is 3.15 bits per heavy atom. The predicted molar refractivity (Wildman–Crippen MR) is 46.7 cm³/mol. The van der Waals surface area contributed by atoms with E-state index in [2.05, 4.69) is 27.3 Å². The summed E-state index contributed by atoms with van der Waals surface area (Å²) >= 11 is 0. The van der Waals surface area contributed by atoms with E-state index in [0.29, 0.717) is 12.2 Å². The van der Waals surface area contributed by atoms with Crippen molar-refractivity contribution >= 4 is 5.91 Å². The highest BCUT2D eigenvalue weighted by atomic mass is 16.1. The minimum Gasteiger partial charge on any atom is -0.352 e. The van der Waals surface area contributed by atoms with Gasteiger partial charge < -0.3 is 5.32 Å². The summed E-state index contributed by atoms with van der Waals surface area (Å²) in [5, 5.41) is 13.2. The Morgan fingerprint density at radius 2 is 2.54 bits per heavy atom. The summed E-state index contributed by atoms with van der Waals surface area (Å²) in [6.07, 6.45) is 3.35. The molecule has 0 radical (unpaired) electrons. The van der Waals surface area contributed by atoms with Gasteiger partial charge >= 0.3 is 0 Å². The lowest BCUT2D eigenvalue weighted by Crippen LogP contribution is -2.25. The van der Waals surface area contributed by atoms with Crippen LogP contribution in [0.25, 0.3) is 0 Å². The summed E-state index contributed by atoms with van der Waals surface area (Å²) < 4.78 is 0. The van der Waals surface area contributed by atoms with Crippen LogP contribution < -0.4 is 5.32 Å². The van der Waals surface area contributed by atoms with Crippen molar-refractivity contribution in [3.8, 4) is 0 Å². The van der Waals surface area contributed by atoms with Gasteiger partial charge in [0.05, 0.1) is 18.3 Å². The van der Waals surface area contributed by atoms with Crippen molar-refractivity contribution in [2.75, 3.05) is 6.54 Å². The molecule has 1 amide bonds. The van der Waals surface area contributed by atoms with Gasteiger partial charge in [0.2, 0.25) is 5.91 Å². The van der Waals surface area contributed by atoms with Crippen LogP contribution in [-0.2, 0) is 11.2 Å². The zero-order chi connectivity index (χ0) is 9.52. The number of rotatable bonds is 4. The molecule has 0 atom stereocenters. The molecular weight excluding hydrogens is 168 g/mol. The Kier molecular flexibility index (Phi) is 3.56. The first-order valence-electron chi connectivity index (χ1n) is 3.84. The maximum Gasteiger partial charge on any atom is 0.226 e. The number of nitrogens with zero attached hydrogens (tertiary/aromatic N) is 3. The van der Waals surface area contributed by atoms with Crippen LogP contribution in [-0.4, -0.2) is 27.9 Å². The first kappa shape index (κ1) is 9.31. The molecule has 5 heteroatoms. The van der Waals surface area contributed by atoms with E-state index in [1.54, 1.807) is 12.1 Å². The molecule has 0 aromatic carbocycles. The normalized spacial score (nSPS) is 9.23. The molecule has 0 fully saturated rings. The molecule has 0 aliphatic carbocycles. The molecule has 0 aliphatic heterocycles. The van der Waals surface area contributed by atoms with Crippen molar-refractivity contribution < 1.29 is 4.79 Å². The van der Waals surface area contributed by atoms with E-state index < -0.39 is 0 Å². The number of nitrogens with one attached hydrogen (secondary N) is 1. The summed E-state index contributed by atoms with van der Waals surface area (Å²) in [5.41, 5.74) is 0.608. The smallest absolute Gasteiger partial charge is 0.226 e. The second-order valence-corrected chi connectivity index (χ2v) is 2.38. The fourth-order valence-electron chi connectivity index (χ4n) is 0.773. The Bertz CT molecular complexity index is 285. The topological polar surface area (TPSA) is 67.8 Å². The first-order valence-corrected chi connectivity index (χ1v) is 3.84. The second kappa shape index (κ2) is 4.97. The minimum atomic E-state index is -0.0969. The van der Waals surface area contributed by atoms with Crippen LogP contribution in [0.1, 0.15) is 5.69 Å². The molecule has 0 saturated heterocycles. The number of carbonyl (C=O) groups is 1.